The molecule has 0 bridgehead atoms. The first-order valence-electron chi connectivity index (χ1n) is 11.4. The summed E-state index contributed by atoms with van der Waals surface area (Å²) in [4.78, 5) is 22.2. The van der Waals surface area contributed by atoms with Crippen molar-refractivity contribution in [1.29, 1.82) is 5.26 Å². The van der Waals surface area contributed by atoms with Crippen molar-refractivity contribution in [1.82, 2.24) is 15.3 Å². The monoisotopic (exact) mass is 444 g/mol. The zero-order chi connectivity index (χ0) is 23.3. The van der Waals surface area contributed by atoms with Gasteiger partial charge in [0.05, 0.1) is 17.7 Å². The van der Waals surface area contributed by atoms with E-state index < -0.39 is 0 Å². The predicted molar refractivity (Wildman–Crippen MR) is 130 cm³/mol. The molecule has 0 aliphatic heterocycles. The SMILES string of the molecule is N#Cc1cccc(C(NC(=O)C2CC2c2ccccc2)C(c2cccnc2)c2cccnc2)c1. The lowest BCUT2D eigenvalue weighted by molar-refractivity contribution is -0.123. The second kappa shape index (κ2) is 9.68. The third-order valence-electron chi connectivity index (χ3n) is 6.45. The van der Waals surface area contributed by atoms with Crippen LogP contribution >= 0.6 is 0 Å². The lowest BCUT2D eigenvalue weighted by atomic mass is 9.82. The van der Waals surface area contributed by atoms with E-state index in [2.05, 4.69) is 33.5 Å². The molecule has 1 aliphatic rings. The van der Waals surface area contributed by atoms with Gasteiger partial charge in [-0.1, -0.05) is 54.6 Å². The van der Waals surface area contributed by atoms with Gasteiger partial charge in [0.1, 0.15) is 0 Å². The fraction of sp³-hybridized carbons (Fsp3) is 0.172. The number of carbonyl (C=O) groups is 1. The van der Waals surface area contributed by atoms with E-state index >= 15 is 0 Å². The first-order chi connectivity index (χ1) is 16.7. The number of carbonyl (C=O) groups excluding carboxylic acids is 1. The summed E-state index contributed by atoms with van der Waals surface area (Å²) < 4.78 is 0. The Hall–Kier alpha value is -4.30. The van der Waals surface area contributed by atoms with Crippen molar-refractivity contribution in [2.75, 3.05) is 0 Å². The van der Waals surface area contributed by atoms with Gasteiger partial charge in [0.15, 0.2) is 0 Å². The number of rotatable bonds is 7. The highest BCUT2D eigenvalue weighted by Crippen LogP contribution is 2.48. The van der Waals surface area contributed by atoms with Crippen molar-refractivity contribution in [3.63, 3.8) is 0 Å². The van der Waals surface area contributed by atoms with Crippen molar-refractivity contribution in [3.8, 4) is 6.07 Å². The summed E-state index contributed by atoms with van der Waals surface area (Å²) in [5.74, 6) is -0.0109. The van der Waals surface area contributed by atoms with Crippen LogP contribution in [0.15, 0.2) is 104 Å². The Bertz CT molecular complexity index is 1260. The zero-order valence-electron chi connectivity index (χ0n) is 18.6. The molecule has 4 aromatic rings. The summed E-state index contributed by atoms with van der Waals surface area (Å²) in [6, 6.07) is 27.3. The van der Waals surface area contributed by atoms with Crippen LogP contribution in [-0.4, -0.2) is 15.9 Å². The average molecular weight is 445 g/mol. The van der Waals surface area contributed by atoms with Crippen LogP contribution in [0.3, 0.4) is 0 Å². The molecule has 1 fully saturated rings. The Morgan fingerprint density at radius 1 is 0.882 bits per heavy atom. The minimum Gasteiger partial charge on any atom is -0.348 e. The number of hydrogen-bond acceptors (Lipinski definition) is 4. The van der Waals surface area contributed by atoms with Gasteiger partial charge in [-0.3, -0.25) is 14.8 Å². The molecule has 3 unspecified atom stereocenters. The molecule has 5 rings (SSSR count). The molecule has 0 saturated heterocycles. The highest BCUT2D eigenvalue weighted by Gasteiger charge is 2.45. The van der Waals surface area contributed by atoms with Crippen LogP contribution in [0.2, 0.25) is 0 Å². The molecular weight excluding hydrogens is 420 g/mol. The quantitative estimate of drug-likeness (QED) is 0.428. The largest absolute Gasteiger partial charge is 0.348 e. The third-order valence-corrected chi connectivity index (χ3v) is 6.45. The fourth-order valence-corrected chi connectivity index (χ4v) is 4.67. The summed E-state index contributed by atoms with van der Waals surface area (Å²) >= 11 is 0. The number of benzene rings is 2. The van der Waals surface area contributed by atoms with E-state index in [-0.39, 0.29) is 29.7 Å². The van der Waals surface area contributed by atoms with Crippen LogP contribution in [-0.2, 0) is 4.79 Å². The maximum atomic E-state index is 13.5. The van der Waals surface area contributed by atoms with E-state index in [0.29, 0.717) is 5.56 Å². The van der Waals surface area contributed by atoms with Crippen molar-refractivity contribution in [2.24, 2.45) is 5.92 Å². The number of nitriles is 1. The molecule has 2 aromatic carbocycles. The molecule has 2 heterocycles. The Labute approximate surface area is 199 Å². The number of nitrogens with one attached hydrogen (secondary N) is 1. The van der Waals surface area contributed by atoms with Crippen LogP contribution in [0, 0.1) is 17.2 Å². The van der Waals surface area contributed by atoms with Gasteiger partial charge in [0.25, 0.3) is 0 Å². The lowest BCUT2D eigenvalue weighted by Crippen LogP contribution is -2.34. The third kappa shape index (κ3) is 4.57. The van der Waals surface area contributed by atoms with Crippen molar-refractivity contribution >= 4 is 5.91 Å². The maximum Gasteiger partial charge on any atom is 0.224 e. The number of nitrogens with zero attached hydrogens (tertiary/aromatic N) is 3. The molecule has 2 aromatic heterocycles. The average Bonchev–Trinajstić information content (AvgIpc) is 3.71. The minimum atomic E-state index is -0.383. The number of aromatic nitrogens is 2. The van der Waals surface area contributed by atoms with E-state index in [0.717, 1.165) is 23.1 Å². The summed E-state index contributed by atoms with van der Waals surface area (Å²) in [6.45, 7) is 0. The van der Waals surface area contributed by atoms with Crippen molar-refractivity contribution in [2.45, 2.75) is 24.3 Å². The molecule has 0 radical (unpaired) electrons. The highest BCUT2D eigenvalue weighted by atomic mass is 16.2. The van der Waals surface area contributed by atoms with Gasteiger partial charge in [-0.05, 0) is 58.9 Å². The molecular formula is C29H24N4O. The van der Waals surface area contributed by atoms with Gasteiger partial charge in [-0.25, -0.2) is 0 Å². The number of amides is 1. The fourth-order valence-electron chi connectivity index (χ4n) is 4.67. The molecule has 166 valence electrons. The number of pyridine rings is 2. The summed E-state index contributed by atoms with van der Waals surface area (Å²) in [5.41, 5.74) is 4.57. The highest BCUT2D eigenvalue weighted by molar-refractivity contribution is 5.83. The first kappa shape index (κ1) is 21.5. The van der Waals surface area contributed by atoms with Crippen LogP contribution in [0.4, 0.5) is 0 Å². The normalized spacial score (nSPS) is 17.5. The van der Waals surface area contributed by atoms with Gasteiger partial charge >= 0.3 is 0 Å². The molecule has 5 nitrogen and oxygen atoms in total. The van der Waals surface area contributed by atoms with E-state index in [4.69, 9.17) is 0 Å². The predicted octanol–water partition coefficient (Wildman–Crippen LogP) is 5.14. The summed E-state index contributed by atoms with van der Waals surface area (Å²) in [5, 5.41) is 12.8. The molecule has 5 heteroatoms. The van der Waals surface area contributed by atoms with Crippen LogP contribution < -0.4 is 5.32 Å². The lowest BCUT2D eigenvalue weighted by Gasteiger charge is -2.29. The van der Waals surface area contributed by atoms with Crippen molar-refractivity contribution < 1.29 is 4.79 Å². The Morgan fingerprint density at radius 3 is 2.18 bits per heavy atom. The van der Waals surface area contributed by atoms with E-state index in [9.17, 15) is 10.1 Å². The molecule has 3 atom stereocenters. The van der Waals surface area contributed by atoms with Crippen molar-refractivity contribution in [3.05, 3.63) is 131 Å². The topological polar surface area (TPSA) is 78.7 Å². The van der Waals surface area contributed by atoms with Crippen LogP contribution in [0.25, 0.3) is 0 Å². The van der Waals surface area contributed by atoms with E-state index in [1.54, 1.807) is 18.5 Å². The van der Waals surface area contributed by atoms with Gasteiger partial charge in [-0.2, -0.15) is 5.26 Å². The first-order valence-corrected chi connectivity index (χ1v) is 11.4. The second-order valence-electron chi connectivity index (χ2n) is 8.63. The molecule has 1 aliphatic carbocycles. The Balaban J connectivity index is 1.52. The van der Waals surface area contributed by atoms with Gasteiger partial charge in [0.2, 0.25) is 5.91 Å². The standard InChI is InChI=1S/C29H24N4O/c30-17-20-7-4-10-22(15-20)28(33-29(34)26-16-25(26)21-8-2-1-3-9-21)27(23-11-5-13-31-18-23)24-12-6-14-32-19-24/h1-15,18-19,25-28H,16H2,(H,33,34). The molecule has 0 spiro atoms. The number of hydrogen-bond donors (Lipinski definition) is 1. The van der Waals surface area contributed by atoms with Gasteiger partial charge < -0.3 is 5.32 Å². The molecule has 1 saturated carbocycles. The van der Waals surface area contributed by atoms with Gasteiger partial charge in [0, 0.05) is 36.6 Å². The zero-order valence-corrected chi connectivity index (χ0v) is 18.6. The summed E-state index contributed by atoms with van der Waals surface area (Å²) in [7, 11) is 0. The van der Waals surface area contributed by atoms with E-state index in [1.165, 1.54) is 5.56 Å². The summed E-state index contributed by atoms with van der Waals surface area (Å²) in [6.07, 6.45) is 7.97. The minimum absolute atomic E-state index is 0.0268. The maximum absolute atomic E-state index is 13.5. The molecule has 1 amide bonds. The smallest absolute Gasteiger partial charge is 0.224 e. The molecule has 1 N–H and O–H groups in total. The molecule has 34 heavy (non-hydrogen) atoms. The van der Waals surface area contributed by atoms with Crippen LogP contribution in [0.5, 0.6) is 0 Å². The van der Waals surface area contributed by atoms with Gasteiger partial charge in [-0.15, -0.1) is 0 Å². The Morgan fingerprint density at radius 2 is 1.56 bits per heavy atom. The second-order valence-corrected chi connectivity index (χ2v) is 8.63. The van der Waals surface area contributed by atoms with Crippen LogP contribution in [0.1, 0.15) is 52.1 Å². The Kier molecular flexibility index (Phi) is 6.13. The van der Waals surface area contributed by atoms with E-state index in [1.807, 2.05) is 73.1 Å².